The van der Waals surface area contributed by atoms with Gasteiger partial charge in [-0.2, -0.15) is 0 Å². The van der Waals surface area contributed by atoms with Gasteiger partial charge in [0.1, 0.15) is 5.75 Å². The van der Waals surface area contributed by atoms with E-state index in [9.17, 15) is 4.79 Å². The molecule has 166 valence electrons. The predicted octanol–water partition coefficient (Wildman–Crippen LogP) is 3.26. The minimum atomic E-state index is -0.265. The summed E-state index contributed by atoms with van der Waals surface area (Å²) < 4.78 is 26.5. The fourth-order valence-electron chi connectivity index (χ4n) is 2.54. The number of ether oxygens (including phenoxy) is 5. The maximum atomic E-state index is 10.9. The summed E-state index contributed by atoms with van der Waals surface area (Å²) in [6.45, 7) is 5.89. The number of hydrogen-bond donors (Lipinski definition) is 1. The smallest absolute Gasteiger partial charge is 0.307 e. The average Bonchev–Trinajstić information content (AvgIpc) is 2.73. The van der Waals surface area contributed by atoms with Gasteiger partial charge in [0, 0.05) is 12.6 Å². The first-order valence-electron chi connectivity index (χ1n) is 10.4. The van der Waals surface area contributed by atoms with Crippen LogP contribution in [0.4, 0.5) is 0 Å². The van der Waals surface area contributed by atoms with Crippen LogP contribution in [0.5, 0.6) is 5.75 Å². The highest BCUT2D eigenvalue weighted by Crippen LogP contribution is 2.17. The minimum absolute atomic E-state index is 0.0234. The Bertz CT molecular complexity index is 538. The third kappa shape index (κ3) is 14.0. The van der Waals surface area contributed by atoms with Crippen LogP contribution in [0.1, 0.15) is 50.6 Å². The lowest BCUT2D eigenvalue weighted by Crippen LogP contribution is -2.12. The molecule has 1 rings (SSSR count). The molecule has 29 heavy (non-hydrogen) atoms. The Labute approximate surface area is 174 Å². The lowest BCUT2D eigenvalue weighted by Gasteiger charge is -2.10. The van der Waals surface area contributed by atoms with Crippen molar-refractivity contribution < 1.29 is 28.5 Å². The molecule has 0 heterocycles. The summed E-state index contributed by atoms with van der Waals surface area (Å²) in [6.07, 6.45) is 4.58. The van der Waals surface area contributed by atoms with E-state index in [-0.39, 0.29) is 18.4 Å². The number of esters is 1. The van der Waals surface area contributed by atoms with Crippen LogP contribution in [-0.2, 0) is 23.7 Å². The summed E-state index contributed by atoms with van der Waals surface area (Å²) in [5.74, 6) is 0.621. The molecule has 0 unspecified atom stereocenters. The summed E-state index contributed by atoms with van der Waals surface area (Å²) in [5.41, 5.74) is 6.98. The summed E-state index contributed by atoms with van der Waals surface area (Å²) in [5, 5.41) is 0. The topological polar surface area (TPSA) is 89.2 Å². The van der Waals surface area contributed by atoms with E-state index >= 15 is 0 Å². The van der Waals surface area contributed by atoms with Crippen LogP contribution in [0.2, 0.25) is 0 Å². The monoisotopic (exact) mass is 411 g/mol. The largest absolute Gasteiger partial charge is 0.494 e. The van der Waals surface area contributed by atoms with Crippen LogP contribution in [0.15, 0.2) is 24.3 Å². The fourth-order valence-corrected chi connectivity index (χ4v) is 2.54. The van der Waals surface area contributed by atoms with E-state index in [1.165, 1.54) is 7.11 Å². The molecule has 7 heteroatoms. The highest BCUT2D eigenvalue weighted by molar-refractivity contribution is 5.69. The number of rotatable bonds is 18. The molecule has 0 amide bonds. The van der Waals surface area contributed by atoms with Gasteiger partial charge in [0.05, 0.1) is 53.2 Å². The maximum absolute atomic E-state index is 10.9. The molecule has 0 aliphatic rings. The Morgan fingerprint density at radius 1 is 0.897 bits per heavy atom. The average molecular weight is 412 g/mol. The molecule has 1 aromatic rings. The van der Waals surface area contributed by atoms with E-state index in [1.54, 1.807) is 0 Å². The van der Waals surface area contributed by atoms with Crippen molar-refractivity contribution in [2.45, 2.75) is 45.1 Å². The summed E-state index contributed by atoms with van der Waals surface area (Å²) in [6, 6.07) is 8.00. The number of benzene rings is 1. The van der Waals surface area contributed by atoms with Crippen molar-refractivity contribution in [3.63, 3.8) is 0 Å². The number of unbranched alkanes of at least 4 members (excludes halogenated alkanes) is 3. The van der Waals surface area contributed by atoms with Gasteiger partial charge in [-0.05, 0) is 43.9 Å². The van der Waals surface area contributed by atoms with Crippen LogP contribution >= 0.6 is 0 Å². The number of methoxy groups -OCH3 is 1. The van der Waals surface area contributed by atoms with E-state index in [1.807, 2.05) is 31.2 Å². The molecule has 0 aromatic heterocycles. The van der Waals surface area contributed by atoms with Gasteiger partial charge < -0.3 is 29.4 Å². The molecule has 0 saturated carbocycles. The fraction of sp³-hybridized carbons (Fsp3) is 0.682. The van der Waals surface area contributed by atoms with Crippen molar-refractivity contribution in [2.75, 3.05) is 53.4 Å². The lowest BCUT2D eigenvalue weighted by molar-refractivity contribution is -0.141. The highest BCUT2D eigenvalue weighted by Gasteiger charge is 2.01. The molecular formula is C22H37NO6. The zero-order valence-corrected chi connectivity index (χ0v) is 17.9. The van der Waals surface area contributed by atoms with Crippen molar-refractivity contribution in [1.29, 1.82) is 0 Å². The predicted molar refractivity (Wildman–Crippen MR) is 112 cm³/mol. The Morgan fingerprint density at radius 2 is 1.52 bits per heavy atom. The van der Waals surface area contributed by atoms with Crippen LogP contribution in [0.3, 0.4) is 0 Å². The van der Waals surface area contributed by atoms with E-state index in [2.05, 4.69) is 4.74 Å². The van der Waals surface area contributed by atoms with Crippen LogP contribution in [0.25, 0.3) is 0 Å². The van der Waals surface area contributed by atoms with Gasteiger partial charge in [0.2, 0.25) is 0 Å². The molecule has 0 aliphatic heterocycles. The Hall–Kier alpha value is -1.67. The van der Waals surface area contributed by atoms with Gasteiger partial charge >= 0.3 is 5.97 Å². The quantitative estimate of drug-likeness (QED) is 0.293. The Morgan fingerprint density at radius 3 is 2.17 bits per heavy atom. The molecule has 7 nitrogen and oxygen atoms in total. The van der Waals surface area contributed by atoms with Crippen molar-refractivity contribution in [3.05, 3.63) is 29.8 Å². The number of carbonyl (C=O) groups is 1. The summed E-state index contributed by atoms with van der Waals surface area (Å²) in [4.78, 5) is 10.9. The van der Waals surface area contributed by atoms with E-state index in [0.29, 0.717) is 33.0 Å². The highest BCUT2D eigenvalue weighted by atomic mass is 16.5. The third-order valence-electron chi connectivity index (χ3n) is 4.26. The van der Waals surface area contributed by atoms with Crippen LogP contribution < -0.4 is 10.5 Å². The number of nitrogens with two attached hydrogens (primary N) is 1. The first-order valence-corrected chi connectivity index (χ1v) is 10.4. The first kappa shape index (κ1) is 25.4. The van der Waals surface area contributed by atoms with Gasteiger partial charge in [0.25, 0.3) is 0 Å². The van der Waals surface area contributed by atoms with E-state index in [0.717, 1.165) is 50.2 Å². The number of carbonyl (C=O) groups excluding carboxylic acids is 1. The zero-order valence-electron chi connectivity index (χ0n) is 17.9. The van der Waals surface area contributed by atoms with Crippen LogP contribution in [0, 0.1) is 0 Å². The standard InChI is InChI=1S/C22H37NO6/c1-19(23)20-8-7-9-21(18-20)29-12-6-4-3-5-11-26-14-16-28-17-15-27-13-10-22(24)25-2/h7-9,18-19H,3-6,10-17,23H2,1-2H3/t19-/m1/s1. The SMILES string of the molecule is COC(=O)CCOCCOCCOCCCCCCOc1cccc([C@@H](C)N)c1. The molecule has 0 saturated heterocycles. The lowest BCUT2D eigenvalue weighted by atomic mass is 10.1. The Balaban J connectivity index is 1.81. The van der Waals surface area contributed by atoms with Gasteiger partial charge in [-0.1, -0.05) is 18.6 Å². The molecule has 0 aliphatic carbocycles. The second-order valence-corrected chi connectivity index (χ2v) is 6.79. The third-order valence-corrected chi connectivity index (χ3v) is 4.26. The van der Waals surface area contributed by atoms with Gasteiger partial charge in [-0.25, -0.2) is 0 Å². The number of hydrogen-bond acceptors (Lipinski definition) is 7. The summed E-state index contributed by atoms with van der Waals surface area (Å²) >= 11 is 0. The maximum Gasteiger partial charge on any atom is 0.307 e. The molecule has 1 atom stereocenters. The van der Waals surface area contributed by atoms with E-state index in [4.69, 9.17) is 24.7 Å². The van der Waals surface area contributed by atoms with E-state index < -0.39 is 0 Å². The molecule has 1 aromatic carbocycles. The molecule has 0 fully saturated rings. The first-order chi connectivity index (χ1) is 14.1. The zero-order chi connectivity index (χ0) is 21.2. The minimum Gasteiger partial charge on any atom is -0.494 e. The molecular weight excluding hydrogens is 374 g/mol. The van der Waals surface area contributed by atoms with Crippen molar-refractivity contribution >= 4 is 5.97 Å². The molecule has 0 radical (unpaired) electrons. The van der Waals surface area contributed by atoms with Crippen molar-refractivity contribution in [1.82, 2.24) is 0 Å². The van der Waals surface area contributed by atoms with Gasteiger partial charge in [-0.3, -0.25) is 4.79 Å². The summed E-state index contributed by atoms with van der Waals surface area (Å²) in [7, 11) is 1.37. The van der Waals surface area contributed by atoms with Gasteiger partial charge in [0.15, 0.2) is 0 Å². The second kappa shape index (κ2) is 17.2. The Kier molecular flexibility index (Phi) is 15.1. The van der Waals surface area contributed by atoms with Crippen molar-refractivity contribution in [3.8, 4) is 5.75 Å². The normalized spacial score (nSPS) is 12.0. The molecule has 2 N–H and O–H groups in total. The van der Waals surface area contributed by atoms with Crippen molar-refractivity contribution in [2.24, 2.45) is 5.73 Å². The second-order valence-electron chi connectivity index (χ2n) is 6.79. The molecule has 0 spiro atoms. The van der Waals surface area contributed by atoms with Crippen LogP contribution in [-0.4, -0.2) is 59.3 Å². The van der Waals surface area contributed by atoms with Gasteiger partial charge in [-0.15, -0.1) is 0 Å². The molecule has 0 bridgehead atoms.